The summed E-state index contributed by atoms with van der Waals surface area (Å²) in [5, 5.41) is 3.61. The fraction of sp³-hybridized carbons (Fsp3) is 0.364. The van der Waals surface area contributed by atoms with Gasteiger partial charge < -0.3 is 15.2 Å². The number of nitrogens with one attached hydrogen (secondary N) is 2. The van der Waals surface area contributed by atoms with Gasteiger partial charge in [0.1, 0.15) is 5.82 Å². The molecule has 5 nitrogen and oxygen atoms in total. The maximum absolute atomic E-state index is 12.4. The summed E-state index contributed by atoms with van der Waals surface area (Å²) in [6, 6.07) is 13.9. The normalized spacial score (nSPS) is 18.6. The van der Waals surface area contributed by atoms with Crippen LogP contribution in [0.2, 0.25) is 5.02 Å². The summed E-state index contributed by atoms with van der Waals surface area (Å²) in [6.45, 7) is 7.67. The van der Waals surface area contributed by atoms with E-state index < -0.39 is 0 Å². The van der Waals surface area contributed by atoms with Crippen LogP contribution in [0.3, 0.4) is 0 Å². The molecule has 1 aliphatic rings. The average Bonchev–Trinajstić information content (AvgIpc) is 3.23. The second-order valence-corrected chi connectivity index (χ2v) is 8.39. The predicted octanol–water partition coefficient (Wildman–Crippen LogP) is 4.62. The highest BCUT2D eigenvalue weighted by atomic mass is 35.5. The molecule has 146 valence electrons. The fourth-order valence-electron chi connectivity index (χ4n) is 4.14. The van der Waals surface area contributed by atoms with Crippen LogP contribution in [0.15, 0.2) is 42.5 Å². The molecule has 1 unspecified atom stereocenters. The van der Waals surface area contributed by atoms with Crippen LogP contribution in [-0.4, -0.2) is 34.5 Å². The van der Waals surface area contributed by atoms with E-state index in [1.54, 1.807) is 0 Å². The Labute approximate surface area is 170 Å². The number of hydrogen-bond acceptors (Lipinski definition) is 3. The maximum Gasteiger partial charge on any atom is 0.224 e. The molecule has 2 N–H and O–H groups in total. The number of nitrogens with zero attached hydrogens (tertiary/aromatic N) is 2. The molecule has 0 saturated carbocycles. The number of carbonyl (C=O) groups is 1. The smallest absolute Gasteiger partial charge is 0.224 e. The largest absolute Gasteiger partial charge is 0.366 e. The summed E-state index contributed by atoms with van der Waals surface area (Å²) in [5.74, 6) is 0.871. The summed E-state index contributed by atoms with van der Waals surface area (Å²) >= 11 is 6.51. The van der Waals surface area contributed by atoms with Crippen molar-refractivity contribution in [3.8, 4) is 11.4 Å². The zero-order valence-electron chi connectivity index (χ0n) is 16.4. The monoisotopic (exact) mass is 396 g/mol. The van der Waals surface area contributed by atoms with Crippen molar-refractivity contribution in [2.45, 2.75) is 32.7 Å². The SMILES string of the molecule is CCNC(=O)C1CN(c2ccc(Cl)c(-c3nc4ccccc4[nH]3)c2)C(C)(C)C1. The molecule has 3 aromatic rings. The van der Waals surface area contributed by atoms with Crippen LogP contribution in [0.4, 0.5) is 5.69 Å². The van der Waals surface area contributed by atoms with Crippen LogP contribution in [0, 0.1) is 5.92 Å². The first kappa shape index (κ1) is 18.8. The maximum atomic E-state index is 12.4. The Morgan fingerprint density at radius 1 is 1.32 bits per heavy atom. The third-order valence-electron chi connectivity index (χ3n) is 5.51. The van der Waals surface area contributed by atoms with Crippen molar-refractivity contribution in [3.63, 3.8) is 0 Å². The van der Waals surface area contributed by atoms with Gasteiger partial charge in [-0.2, -0.15) is 0 Å². The number of carbonyl (C=O) groups excluding carboxylic acids is 1. The molecule has 2 heterocycles. The summed E-state index contributed by atoms with van der Waals surface area (Å²) in [6.07, 6.45) is 0.821. The number of rotatable bonds is 4. The number of H-pyrrole nitrogens is 1. The number of benzene rings is 2. The van der Waals surface area contributed by atoms with Gasteiger partial charge in [0.2, 0.25) is 5.91 Å². The predicted molar refractivity (Wildman–Crippen MR) is 115 cm³/mol. The van der Waals surface area contributed by atoms with Gasteiger partial charge in [-0.25, -0.2) is 4.98 Å². The fourth-order valence-corrected chi connectivity index (χ4v) is 4.34. The Morgan fingerprint density at radius 3 is 2.86 bits per heavy atom. The van der Waals surface area contributed by atoms with E-state index in [1.165, 1.54) is 0 Å². The molecule has 1 atom stereocenters. The van der Waals surface area contributed by atoms with Crippen LogP contribution in [0.1, 0.15) is 27.2 Å². The van der Waals surface area contributed by atoms with Gasteiger partial charge in [0.05, 0.1) is 22.0 Å². The van der Waals surface area contributed by atoms with Gasteiger partial charge >= 0.3 is 0 Å². The molecule has 1 saturated heterocycles. The zero-order valence-corrected chi connectivity index (χ0v) is 17.2. The molecular formula is C22H25ClN4O. The number of anilines is 1. The van der Waals surface area contributed by atoms with Crippen molar-refractivity contribution < 1.29 is 4.79 Å². The van der Waals surface area contributed by atoms with Gasteiger partial charge in [-0.3, -0.25) is 4.79 Å². The molecule has 0 spiro atoms. The first-order valence-electron chi connectivity index (χ1n) is 9.69. The lowest BCUT2D eigenvalue weighted by atomic mass is 9.95. The van der Waals surface area contributed by atoms with Crippen molar-refractivity contribution in [1.82, 2.24) is 15.3 Å². The molecule has 1 aliphatic heterocycles. The first-order chi connectivity index (χ1) is 13.4. The molecule has 1 aromatic heterocycles. The number of aromatic nitrogens is 2. The average molecular weight is 397 g/mol. The van der Waals surface area contributed by atoms with Crippen LogP contribution in [-0.2, 0) is 4.79 Å². The lowest BCUT2D eigenvalue weighted by Crippen LogP contribution is -2.38. The van der Waals surface area contributed by atoms with E-state index in [-0.39, 0.29) is 17.4 Å². The number of fused-ring (bicyclic) bond motifs is 1. The minimum Gasteiger partial charge on any atom is -0.366 e. The van der Waals surface area contributed by atoms with Crippen molar-refractivity contribution in [2.75, 3.05) is 18.0 Å². The second kappa shape index (κ2) is 7.13. The summed E-state index contributed by atoms with van der Waals surface area (Å²) < 4.78 is 0. The quantitative estimate of drug-likeness (QED) is 0.676. The Morgan fingerprint density at radius 2 is 2.11 bits per heavy atom. The Hall–Kier alpha value is -2.53. The minimum atomic E-state index is -0.116. The van der Waals surface area contributed by atoms with E-state index in [4.69, 9.17) is 16.6 Å². The summed E-state index contributed by atoms with van der Waals surface area (Å²) in [4.78, 5) is 22.7. The highest BCUT2D eigenvalue weighted by Gasteiger charge is 2.41. The number of halogens is 1. The van der Waals surface area contributed by atoms with Gasteiger partial charge in [-0.05, 0) is 57.5 Å². The van der Waals surface area contributed by atoms with E-state index in [0.717, 1.165) is 34.5 Å². The third kappa shape index (κ3) is 3.35. The number of aromatic amines is 1. The molecule has 0 radical (unpaired) electrons. The lowest BCUT2D eigenvalue weighted by Gasteiger charge is -2.33. The number of imidazole rings is 1. The van der Waals surface area contributed by atoms with Crippen molar-refractivity contribution >= 4 is 34.2 Å². The van der Waals surface area contributed by atoms with Crippen molar-refractivity contribution in [1.29, 1.82) is 0 Å². The zero-order chi connectivity index (χ0) is 19.9. The molecule has 0 bridgehead atoms. The number of amides is 1. The Kier molecular flexibility index (Phi) is 4.79. The second-order valence-electron chi connectivity index (χ2n) is 7.99. The minimum absolute atomic E-state index is 0.0136. The van der Waals surface area contributed by atoms with Gasteiger partial charge in [-0.1, -0.05) is 23.7 Å². The highest BCUT2D eigenvalue weighted by molar-refractivity contribution is 6.33. The van der Waals surface area contributed by atoms with Crippen LogP contribution >= 0.6 is 11.6 Å². The van der Waals surface area contributed by atoms with Crippen molar-refractivity contribution in [2.24, 2.45) is 5.92 Å². The van der Waals surface area contributed by atoms with E-state index in [0.29, 0.717) is 18.1 Å². The third-order valence-corrected chi connectivity index (χ3v) is 5.84. The highest BCUT2D eigenvalue weighted by Crippen LogP contribution is 2.39. The topological polar surface area (TPSA) is 61.0 Å². The van der Waals surface area contributed by atoms with Gasteiger partial charge in [0.25, 0.3) is 0 Å². The molecule has 4 rings (SSSR count). The molecular weight excluding hydrogens is 372 g/mol. The van der Waals surface area contributed by atoms with E-state index in [2.05, 4.69) is 35.1 Å². The molecule has 1 fully saturated rings. The van der Waals surface area contributed by atoms with Crippen LogP contribution in [0.25, 0.3) is 22.4 Å². The van der Waals surface area contributed by atoms with E-state index >= 15 is 0 Å². The lowest BCUT2D eigenvalue weighted by molar-refractivity contribution is -0.124. The molecule has 28 heavy (non-hydrogen) atoms. The van der Waals surface area contributed by atoms with E-state index in [1.807, 2.05) is 43.3 Å². The van der Waals surface area contributed by atoms with E-state index in [9.17, 15) is 4.79 Å². The standard InChI is InChI=1S/C22H25ClN4O/c1-4-24-21(28)14-12-22(2,3)27(13-14)15-9-10-17(23)16(11-15)20-25-18-7-5-6-8-19(18)26-20/h5-11,14H,4,12-13H2,1-3H3,(H,24,28)(H,25,26). The van der Waals surface area contributed by atoms with Crippen LogP contribution in [0.5, 0.6) is 0 Å². The van der Waals surface area contributed by atoms with Gasteiger partial charge in [0, 0.05) is 29.9 Å². The van der Waals surface area contributed by atoms with Crippen molar-refractivity contribution in [3.05, 3.63) is 47.5 Å². The summed E-state index contributed by atoms with van der Waals surface area (Å²) in [7, 11) is 0. The molecule has 2 aromatic carbocycles. The number of hydrogen-bond donors (Lipinski definition) is 2. The van der Waals surface area contributed by atoms with Crippen LogP contribution < -0.4 is 10.2 Å². The van der Waals surface area contributed by atoms with Gasteiger partial charge in [-0.15, -0.1) is 0 Å². The molecule has 6 heteroatoms. The van der Waals surface area contributed by atoms with Gasteiger partial charge in [0.15, 0.2) is 0 Å². The summed E-state index contributed by atoms with van der Waals surface area (Å²) in [5.41, 5.74) is 3.70. The Balaban J connectivity index is 1.69. The molecule has 0 aliphatic carbocycles. The number of para-hydroxylation sites is 2. The first-order valence-corrected chi connectivity index (χ1v) is 10.1. The molecule has 1 amide bonds. The Bertz CT molecular complexity index is 993.